The van der Waals surface area contributed by atoms with Gasteiger partial charge in [-0.05, 0) is 32.4 Å². The number of hydrogen-bond donors (Lipinski definition) is 1. The van der Waals surface area contributed by atoms with Crippen molar-refractivity contribution in [1.29, 1.82) is 0 Å². The first kappa shape index (κ1) is 13.9. The first-order chi connectivity index (χ1) is 8.63. The molecule has 0 aliphatic rings. The maximum absolute atomic E-state index is 11.8. The van der Waals surface area contributed by atoms with E-state index in [9.17, 15) is 8.42 Å². The lowest BCUT2D eigenvalue weighted by Gasteiger charge is -2.23. The first-order valence-electron chi connectivity index (χ1n) is 6.04. The zero-order valence-electron chi connectivity index (χ0n) is 11.6. The fraction of sp³-hybridized carbons (Fsp3) is 0.462. The first-order valence-corrected chi connectivity index (χ1v) is 7.93. The molecule has 0 spiro atoms. The molecule has 0 amide bonds. The zero-order valence-corrected chi connectivity index (χ0v) is 12.5. The van der Waals surface area contributed by atoms with E-state index in [0.29, 0.717) is 5.95 Å². The van der Waals surface area contributed by atoms with Crippen molar-refractivity contribution >= 4 is 26.8 Å². The van der Waals surface area contributed by atoms with Gasteiger partial charge in [0.15, 0.2) is 9.84 Å². The lowest BCUT2D eigenvalue weighted by Crippen LogP contribution is -2.36. The highest BCUT2D eigenvalue weighted by atomic mass is 32.2. The summed E-state index contributed by atoms with van der Waals surface area (Å²) in [5, 5.41) is 0. The Labute approximate surface area is 113 Å². The Morgan fingerprint density at radius 1 is 1.37 bits per heavy atom. The fourth-order valence-electron chi connectivity index (χ4n) is 1.97. The molecule has 0 saturated heterocycles. The summed E-state index contributed by atoms with van der Waals surface area (Å²) in [4.78, 5) is 4.32. The monoisotopic (exact) mass is 281 g/mol. The molecule has 1 aromatic carbocycles. The van der Waals surface area contributed by atoms with Crippen molar-refractivity contribution in [3.05, 3.63) is 23.8 Å². The Kier molecular flexibility index (Phi) is 3.09. The van der Waals surface area contributed by atoms with Crippen LogP contribution in [0.25, 0.3) is 11.0 Å². The fourth-order valence-corrected chi connectivity index (χ4v) is 2.33. The molecule has 2 rings (SSSR count). The maximum Gasteiger partial charge on any atom is 0.201 e. The van der Waals surface area contributed by atoms with Gasteiger partial charge in [0.2, 0.25) is 5.95 Å². The minimum Gasteiger partial charge on any atom is -0.369 e. The predicted octanol–water partition coefficient (Wildman–Crippen LogP) is 1.75. The molecule has 0 radical (unpaired) electrons. The van der Waals surface area contributed by atoms with E-state index in [0.717, 1.165) is 16.6 Å². The minimum atomic E-state index is -3.18. The van der Waals surface area contributed by atoms with Gasteiger partial charge in [0.25, 0.3) is 0 Å². The molecule has 2 N–H and O–H groups in total. The van der Waals surface area contributed by atoms with Crippen molar-refractivity contribution < 1.29 is 8.42 Å². The number of nitrogens with zero attached hydrogens (tertiary/aromatic N) is 2. The van der Waals surface area contributed by atoms with Gasteiger partial charge in [-0.15, -0.1) is 0 Å². The van der Waals surface area contributed by atoms with Crippen LogP contribution < -0.4 is 5.73 Å². The number of para-hydroxylation sites is 1. The molecule has 0 bridgehead atoms. The van der Waals surface area contributed by atoms with Crippen LogP contribution in [-0.4, -0.2) is 29.0 Å². The van der Waals surface area contributed by atoms with Crippen LogP contribution in [0, 0.1) is 6.92 Å². The smallest absolute Gasteiger partial charge is 0.201 e. The third-order valence-electron chi connectivity index (χ3n) is 3.55. The largest absolute Gasteiger partial charge is 0.369 e. The number of rotatable bonds is 3. The highest BCUT2D eigenvalue weighted by Crippen LogP contribution is 2.25. The number of imidazole rings is 1. The molecule has 0 aliphatic heterocycles. The highest BCUT2D eigenvalue weighted by Gasteiger charge is 2.32. The standard InChI is InChI=1S/C13H19N3O2S/c1-9-6-5-7-10-11(9)15-12(14)16(10)8-13(2,3)19(4,17)18/h5-7H,8H2,1-4H3,(H2,14,15). The summed E-state index contributed by atoms with van der Waals surface area (Å²) in [7, 11) is -3.18. The molecule has 2 aromatic rings. The van der Waals surface area contributed by atoms with Crippen LogP contribution in [0.1, 0.15) is 19.4 Å². The molecule has 104 valence electrons. The SMILES string of the molecule is Cc1cccc2c1nc(N)n2CC(C)(C)S(C)(=O)=O. The average Bonchev–Trinajstić information content (AvgIpc) is 2.56. The van der Waals surface area contributed by atoms with Crippen LogP contribution in [0.2, 0.25) is 0 Å². The van der Waals surface area contributed by atoms with Gasteiger partial charge in [-0.3, -0.25) is 0 Å². The second-order valence-corrected chi connectivity index (χ2v) is 8.18. The molecule has 1 aromatic heterocycles. The molecule has 0 atom stereocenters. The number of nitrogen functional groups attached to an aromatic ring is 1. The van der Waals surface area contributed by atoms with Gasteiger partial charge < -0.3 is 10.3 Å². The van der Waals surface area contributed by atoms with Crippen LogP contribution in [0.5, 0.6) is 0 Å². The van der Waals surface area contributed by atoms with Gasteiger partial charge in [-0.1, -0.05) is 12.1 Å². The topological polar surface area (TPSA) is 78.0 Å². The summed E-state index contributed by atoms with van der Waals surface area (Å²) in [6, 6.07) is 5.79. The second-order valence-electron chi connectivity index (χ2n) is 5.53. The third kappa shape index (κ3) is 2.32. The summed E-state index contributed by atoms with van der Waals surface area (Å²) < 4.78 is 24.5. The molecular formula is C13H19N3O2S. The lowest BCUT2D eigenvalue weighted by atomic mass is 10.2. The van der Waals surface area contributed by atoms with Crippen molar-refractivity contribution in [2.75, 3.05) is 12.0 Å². The molecule has 0 fully saturated rings. The number of aromatic nitrogens is 2. The Bertz CT molecular complexity index is 730. The second kappa shape index (κ2) is 4.23. The van der Waals surface area contributed by atoms with E-state index in [-0.39, 0.29) is 6.54 Å². The number of fused-ring (bicyclic) bond motifs is 1. The molecule has 0 saturated carbocycles. The van der Waals surface area contributed by atoms with E-state index in [1.165, 1.54) is 6.26 Å². The maximum atomic E-state index is 11.8. The van der Waals surface area contributed by atoms with Gasteiger partial charge in [0, 0.05) is 12.8 Å². The van der Waals surface area contributed by atoms with Crippen molar-refractivity contribution in [2.24, 2.45) is 0 Å². The van der Waals surface area contributed by atoms with E-state index in [1.54, 1.807) is 18.4 Å². The minimum absolute atomic E-state index is 0.289. The number of anilines is 1. The van der Waals surface area contributed by atoms with Crippen molar-refractivity contribution in [3.8, 4) is 0 Å². The molecule has 5 nitrogen and oxygen atoms in total. The van der Waals surface area contributed by atoms with Gasteiger partial charge in [0.05, 0.1) is 15.8 Å². The summed E-state index contributed by atoms with van der Waals surface area (Å²) >= 11 is 0. The third-order valence-corrected chi connectivity index (χ3v) is 5.69. The summed E-state index contributed by atoms with van der Waals surface area (Å²) in [5.41, 5.74) is 8.65. The normalized spacial score (nSPS) is 13.1. The molecule has 0 aliphatic carbocycles. The van der Waals surface area contributed by atoms with Gasteiger partial charge >= 0.3 is 0 Å². The Morgan fingerprint density at radius 2 is 2.00 bits per heavy atom. The van der Waals surface area contributed by atoms with E-state index in [4.69, 9.17) is 5.73 Å². The number of aryl methyl sites for hydroxylation is 1. The van der Waals surface area contributed by atoms with Crippen LogP contribution in [0.3, 0.4) is 0 Å². The number of sulfone groups is 1. The Morgan fingerprint density at radius 3 is 2.58 bits per heavy atom. The van der Waals surface area contributed by atoms with E-state index in [1.807, 2.05) is 25.1 Å². The number of hydrogen-bond acceptors (Lipinski definition) is 4. The van der Waals surface area contributed by atoms with Crippen LogP contribution in [-0.2, 0) is 16.4 Å². The van der Waals surface area contributed by atoms with E-state index in [2.05, 4.69) is 4.98 Å². The van der Waals surface area contributed by atoms with Gasteiger partial charge in [0.1, 0.15) is 0 Å². The molecule has 6 heteroatoms. The number of benzene rings is 1. The average molecular weight is 281 g/mol. The van der Waals surface area contributed by atoms with Crippen molar-refractivity contribution in [1.82, 2.24) is 9.55 Å². The molecule has 1 heterocycles. The molecular weight excluding hydrogens is 262 g/mol. The quantitative estimate of drug-likeness (QED) is 0.929. The Hall–Kier alpha value is -1.56. The van der Waals surface area contributed by atoms with Crippen LogP contribution in [0.4, 0.5) is 5.95 Å². The van der Waals surface area contributed by atoms with Crippen molar-refractivity contribution in [3.63, 3.8) is 0 Å². The van der Waals surface area contributed by atoms with E-state index < -0.39 is 14.6 Å². The lowest BCUT2D eigenvalue weighted by molar-refractivity contribution is 0.511. The number of nitrogens with two attached hydrogens (primary N) is 1. The highest BCUT2D eigenvalue weighted by molar-refractivity contribution is 7.92. The summed E-state index contributed by atoms with van der Waals surface area (Å²) in [6.07, 6.45) is 1.24. The van der Waals surface area contributed by atoms with Crippen LogP contribution in [0.15, 0.2) is 18.2 Å². The molecule has 0 unspecified atom stereocenters. The predicted molar refractivity (Wildman–Crippen MR) is 77.8 cm³/mol. The van der Waals surface area contributed by atoms with E-state index >= 15 is 0 Å². The van der Waals surface area contributed by atoms with Gasteiger partial charge in [-0.25, -0.2) is 13.4 Å². The summed E-state index contributed by atoms with van der Waals surface area (Å²) in [5.74, 6) is 0.348. The summed E-state index contributed by atoms with van der Waals surface area (Å²) in [6.45, 7) is 5.64. The molecule has 19 heavy (non-hydrogen) atoms. The van der Waals surface area contributed by atoms with Gasteiger partial charge in [-0.2, -0.15) is 0 Å². The van der Waals surface area contributed by atoms with Crippen LogP contribution >= 0.6 is 0 Å². The van der Waals surface area contributed by atoms with Crippen molar-refractivity contribution in [2.45, 2.75) is 32.1 Å². The Balaban J connectivity index is 2.59. The zero-order chi connectivity index (χ0) is 14.4.